The largest absolute Gasteiger partial charge is 0.454 e. The molecule has 1 aliphatic rings. The van der Waals surface area contributed by atoms with Crippen molar-refractivity contribution in [3.8, 4) is 28.8 Å². The number of allylic oxidation sites excluding steroid dienone is 3. The van der Waals surface area contributed by atoms with Gasteiger partial charge in [0.2, 0.25) is 6.79 Å². The molecule has 1 aromatic heterocycles. The second-order valence-corrected chi connectivity index (χ2v) is 8.00. The summed E-state index contributed by atoms with van der Waals surface area (Å²) in [5, 5.41) is 12.6. The highest BCUT2D eigenvalue weighted by atomic mass is 79.9. The second kappa shape index (κ2) is 8.19. The van der Waals surface area contributed by atoms with Gasteiger partial charge in [0.15, 0.2) is 11.5 Å². The predicted octanol–water partition coefficient (Wildman–Crippen LogP) is 6.49. The van der Waals surface area contributed by atoms with Gasteiger partial charge in [-0.25, -0.2) is 4.98 Å². The number of benzene rings is 2. The highest BCUT2D eigenvalue weighted by molar-refractivity contribution is 9.10. The zero-order chi connectivity index (χ0) is 19.5. The molecule has 0 radical (unpaired) electrons. The Balaban J connectivity index is 1.59. The maximum absolute atomic E-state index is 9.54. The highest BCUT2D eigenvalue weighted by Gasteiger charge is 2.15. The molecule has 138 valence electrons. The smallest absolute Gasteiger partial charge is 0.231 e. The van der Waals surface area contributed by atoms with E-state index in [9.17, 15) is 5.26 Å². The number of thiazole rings is 1. The van der Waals surface area contributed by atoms with Gasteiger partial charge in [0.1, 0.15) is 11.1 Å². The van der Waals surface area contributed by atoms with Gasteiger partial charge in [0, 0.05) is 20.4 Å². The van der Waals surface area contributed by atoms with E-state index in [0.717, 1.165) is 27.0 Å². The Morgan fingerprint density at radius 2 is 1.93 bits per heavy atom. The predicted molar refractivity (Wildman–Crippen MR) is 115 cm³/mol. The van der Waals surface area contributed by atoms with Crippen molar-refractivity contribution in [1.29, 1.82) is 5.26 Å². The topological polar surface area (TPSA) is 55.1 Å². The molecule has 0 spiro atoms. The molecule has 2 aromatic carbocycles. The van der Waals surface area contributed by atoms with Gasteiger partial charge < -0.3 is 9.47 Å². The maximum atomic E-state index is 9.54. The minimum Gasteiger partial charge on any atom is -0.454 e. The van der Waals surface area contributed by atoms with Crippen LogP contribution in [0.4, 0.5) is 0 Å². The molecule has 0 unspecified atom stereocenters. The fourth-order valence-electron chi connectivity index (χ4n) is 2.60. The number of nitrogens with zero attached hydrogens (tertiary/aromatic N) is 2. The van der Waals surface area contributed by atoms with Gasteiger partial charge in [-0.3, -0.25) is 0 Å². The lowest BCUT2D eigenvalue weighted by molar-refractivity contribution is 0.174. The minimum atomic E-state index is 0.230. The van der Waals surface area contributed by atoms with Crippen LogP contribution in [0.5, 0.6) is 11.5 Å². The molecule has 4 nitrogen and oxygen atoms in total. The Morgan fingerprint density at radius 1 is 1.14 bits per heavy atom. The molecule has 28 heavy (non-hydrogen) atoms. The molecule has 0 aliphatic carbocycles. The fourth-order valence-corrected chi connectivity index (χ4v) is 3.86. The van der Waals surface area contributed by atoms with Crippen LogP contribution in [0.15, 0.2) is 64.5 Å². The first kappa shape index (κ1) is 18.8. The molecule has 3 aromatic rings. The van der Waals surface area contributed by atoms with Gasteiger partial charge >= 0.3 is 0 Å². The highest BCUT2D eigenvalue weighted by Crippen LogP contribution is 2.36. The average Bonchev–Trinajstić information content (AvgIpc) is 3.38. The van der Waals surface area contributed by atoms with E-state index in [1.165, 1.54) is 11.3 Å². The first-order valence-corrected chi connectivity index (χ1v) is 10.3. The summed E-state index contributed by atoms with van der Waals surface area (Å²) in [6.45, 7) is 0.230. The van der Waals surface area contributed by atoms with E-state index in [4.69, 9.17) is 21.1 Å². The number of hydrogen-bond acceptors (Lipinski definition) is 5. The van der Waals surface area contributed by atoms with Crippen molar-refractivity contribution in [1.82, 2.24) is 4.98 Å². The average molecular weight is 472 g/mol. The molecule has 2 heterocycles. The van der Waals surface area contributed by atoms with Crippen molar-refractivity contribution in [2.75, 3.05) is 6.79 Å². The zero-order valence-electron chi connectivity index (χ0n) is 14.4. The number of halogens is 2. The summed E-state index contributed by atoms with van der Waals surface area (Å²) < 4.78 is 11.7. The number of aromatic nitrogens is 1. The Hall–Kier alpha value is -2.59. The van der Waals surface area contributed by atoms with Crippen LogP contribution in [-0.2, 0) is 0 Å². The Kier molecular flexibility index (Phi) is 5.49. The quantitative estimate of drug-likeness (QED) is 0.322. The summed E-state index contributed by atoms with van der Waals surface area (Å²) in [6, 6.07) is 15.5. The fraction of sp³-hybridized carbons (Fsp3) is 0.0476. The monoisotopic (exact) mass is 470 g/mol. The van der Waals surface area contributed by atoms with Gasteiger partial charge in [0.05, 0.1) is 11.3 Å². The van der Waals surface area contributed by atoms with Gasteiger partial charge in [0.25, 0.3) is 0 Å². The van der Waals surface area contributed by atoms with Crippen molar-refractivity contribution >= 4 is 49.5 Å². The van der Waals surface area contributed by atoms with Gasteiger partial charge in [-0.05, 0) is 48.0 Å². The molecule has 0 saturated carbocycles. The van der Waals surface area contributed by atoms with Crippen LogP contribution in [-0.4, -0.2) is 11.8 Å². The molecule has 0 saturated heterocycles. The standard InChI is InChI=1S/C21H12BrClN2O2S/c22-16-5-1-13(2-6-16)17(23)7-3-15(10-24)21-25-18(11-28-21)14-4-8-19-20(9-14)27-12-26-19/h1-9,11H,12H2/b15-3+,17-7-. The summed E-state index contributed by atoms with van der Waals surface area (Å²) in [7, 11) is 0. The van der Waals surface area contributed by atoms with Crippen molar-refractivity contribution in [3.63, 3.8) is 0 Å². The van der Waals surface area contributed by atoms with E-state index in [2.05, 4.69) is 27.0 Å². The van der Waals surface area contributed by atoms with Crippen LogP contribution in [0.25, 0.3) is 21.9 Å². The number of fused-ring (bicyclic) bond motifs is 1. The van der Waals surface area contributed by atoms with Crippen LogP contribution in [0.2, 0.25) is 0 Å². The summed E-state index contributed by atoms with van der Waals surface area (Å²) in [4.78, 5) is 4.59. The lowest BCUT2D eigenvalue weighted by Crippen LogP contribution is -1.92. The first-order valence-electron chi connectivity index (χ1n) is 8.23. The minimum absolute atomic E-state index is 0.230. The van der Waals surface area contributed by atoms with E-state index in [0.29, 0.717) is 21.4 Å². The first-order chi connectivity index (χ1) is 13.6. The summed E-state index contributed by atoms with van der Waals surface area (Å²) in [5.74, 6) is 1.43. The van der Waals surface area contributed by atoms with E-state index in [-0.39, 0.29) is 6.79 Å². The third-order valence-electron chi connectivity index (χ3n) is 4.04. The zero-order valence-corrected chi connectivity index (χ0v) is 17.5. The SMILES string of the molecule is N#C/C(=C\C=C(/Cl)c1ccc(Br)cc1)c1nc(-c2ccc3c(c2)OCO3)cs1. The normalized spacial score (nSPS) is 13.5. The van der Waals surface area contributed by atoms with Gasteiger partial charge in [-0.2, -0.15) is 5.26 Å². The molecule has 1 aliphatic heterocycles. The molecule has 0 fully saturated rings. The van der Waals surface area contributed by atoms with E-state index in [1.807, 2.05) is 47.8 Å². The molecule has 4 rings (SSSR count). The van der Waals surface area contributed by atoms with Gasteiger partial charge in [-0.15, -0.1) is 11.3 Å². The molecule has 0 bridgehead atoms. The maximum Gasteiger partial charge on any atom is 0.231 e. The second-order valence-electron chi connectivity index (χ2n) is 5.82. The van der Waals surface area contributed by atoms with Crippen LogP contribution in [0.3, 0.4) is 0 Å². The molecule has 0 atom stereocenters. The number of rotatable bonds is 4. The summed E-state index contributed by atoms with van der Waals surface area (Å²) in [5.41, 5.74) is 3.01. The van der Waals surface area contributed by atoms with E-state index < -0.39 is 0 Å². The van der Waals surface area contributed by atoms with Crippen molar-refractivity contribution in [2.45, 2.75) is 0 Å². The van der Waals surface area contributed by atoms with E-state index >= 15 is 0 Å². The number of ether oxygens (including phenoxy) is 2. The lowest BCUT2D eigenvalue weighted by Gasteiger charge is -1.99. The summed E-state index contributed by atoms with van der Waals surface area (Å²) in [6.07, 6.45) is 3.40. The molecular formula is C21H12BrClN2O2S. The third kappa shape index (κ3) is 3.97. The van der Waals surface area contributed by atoms with Crippen LogP contribution < -0.4 is 9.47 Å². The van der Waals surface area contributed by atoms with Crippen LogP contribution in [0.1, 0.15) is 10.6 Å². The van der Waals surface area contributed by atoms with Crippen molar-refractivity contribution < 1.29 is 9.47 Å². The Bertz CT molecular complexity index is 1130. The van der Waals surface area contributed by atoms with Crippen LogP contribution in [0, 0.1) is 11.3 Å². The third-order valence-corrected chi connectivity index (χ3v) is 5.79. The lowest BCUT2D eigenvalue weighted by atomic mass is 10.1. The molecular weight excluding hydrogens is 460 g/mol. The van der Waals surface area contributed by atoms with Crippen molar-refractivity contribution in [3.05, 3.63) is 75.0 Å². The Labute approximate surface area is 179 Å². The molecule has 7 heteroatoms. The summed E-state index contributed by atoms with van der Waals surface area (Å²) >= 11 is 11.2. The molecule has 0 N–H and O–H groups in total. The Morgan fingerprint density at radius 3 is 2.71 bits per heavy atom. The van der Waals surface area contributed by atoms with Gasteiger partial charge in [-0.1, -0.05) is 39.7 Å². The number of hydrogen-bond donors (Lipinski definition) is 0. The molecule has 0 amide bonds. The number of nitriles is 1. The van der Waals surface area contributed by atoms with E-state index in [1.54, 1.807) is 12.2 Å². The van der Waals surface area contributed by atoms with Crippen molar-refractivity contribution in [2.24, 2.45) is 0 Å². The van der Waals surface area contributed by atoms with Crippen LogP contribution >= 0.6 is 38.9 Å².